The average molecular weight is 289 g/mol. The van der Waals surface area contributed by atoms with Crippen molar-refractivity contribution in [3.05, 3.63) is 55.8 Å². The van der Waals surface area contributed by atoms with Crippen LogP contribution in [0.2, 0.25) is 0 Å². The highest BCUT2D eigenvalue weighted by molar-refractivity contribution is 7.12. The van der Waals surface area contributed by atoms with Gasteiger partial charge in [-0.1, -0.05) is 12.1 Å². The third-order valence-electron chi connectivity index (χ3n) is 2.88. The summed E-state index contributed by atoms with van der Waals surface area (Å²) in [5.41, 5.74) is 5.06. The van der Waals surface area contributed by atoms with Crippen LogP contribution in [0, 0.1) is 24.0 Å². The van der Waals surface area contributed by atoms with Crippen LogP contribution in [0.5, 0.6) is 0 Å². The summed E-state index contributed by atoms with van der Waals surface area (Å²) in [4.78, 5) is 12.9. The van der Waals surface area contributed by atoms with Crippen molar-refractivity contribution in [2.45, 2.75) is 20.8 Å². The molecule has 20 heavy (non-hydrogen) atoms. The largest absolute Gasteiger partial charge is 0.294 e. The van der Waals surface area contributed by atoms with E-state index in [-0.39, 0.29) is 5.69 Å². The van der Waals surface area contributed by atoms with E-state index in [4.69, 9.17) is 0 Å². The molecule has 0 aliphatic heterocycles. The van der Waals surface area contributed by atoms with Crippen molar-refractivity contribution in [3.8, 4) is 0 Å². The molecule has 0 fully saturated rings. The second-order valence-electron chi connectivity index (χ2n) is 4.41. The molecule has 0 spiro atoms. The second-order valence-corrected chi connectivity index (χ2v) is 5.87. The normalized spacial score (nSPS) is 11.4. The smallest absolute Gasteiger partial charge is 0.271 e. The lowest BCUT2D eigenvalue weighted by atomic mass is 10.2. The lowest BCUT2D eigenvalue weighted by Gasteiger charge is -2.04. The number of para-hydroxylation sites is 2. The number of hydrogen-bond acceptors (Lipinski definition) is 5. The maximum Gasteiger partial charge on any atom is 0.294 e. The minimum absolute atomic E-state index is 0.0160. The molecular formula is C14H15N3O2S. The van der Waals surface area contributed by atoms with E-state index in [0.29, 0.717) is 5.69 Å². The number of benzene rings is 1. The molecule has 0 aliphatic rings. The fourth-order valence-corrected chi connectivity index (χ4v) is 2.90. The van der Waals surface area contributed by atoms with Crippen molar-refractivity contribution in [2.24, 2.45) is 5.10 Å². The number of hydrogen-bond donors (Lipinski definition) is 1. The van der Waals surface area contributed by atoms with Gasteiger partial charge in [0, 0.05) is 21.4 Å². The van der Waals surface area contributed by atoms with Crippen molar-refractivity contribution in [3.63, 3.8) is 0 Å². The summed E-state index contributed by atoms with van der Waals surface area (Å²) in [6.07, 6.45) is 0. The highest BCUT2D eigenvalue weighted by Crippen LogP contribution is 2.24. The number of aryl methyl sites for hydroxylation is 2. The van der Waals surface area contributed by atoms with Crippen LogP contribution >= 0.6 is 11.3 Å². The molecule has 2 rings (SSSR count). The zero-order valence-electron chi connectivity index (χ0n) is 11.5. The molecule has 1 aromatic heterocycles. The van der Waals surface area contributed by atoms with E-state index in [9.17, 15) is 10.1 Å². The van der Waals surface area contributed by atoms with Gasteiger partial charge in [-0.25, -0.2) is 0 Å². The highest BCUT2D eigenvalue weighted by Gasteiger charge is 2.12. The maximum atomic E-state index is 10.9. The maximum absolute atomic E-state index is 10.9. The summed E-state index contributed by atoms with van der Waals surface area (Å²) in [7, 11) is 0. The monoisotopic (exact) mass is 289 g/mol. The molecule has 0 atom stereocenters. The molecule has 2 aromatic rings. The molecule has 1 heterocycles. The molecule has 1 N–H and O–H groups in total. The molecule has 0 radical (unpaired) electrons. The van der Waals surface area contributed by atoms with Crippen LogP contribution in [0.1, 0.15) is 22.2 Å². The zero-order chi connectivity index (χ0) is 14.7. The number of anilines is 1. The van der Waals surface area contributed by atoms with E-state index in [0.717, 1.165) is 11.3 Å². The summed E-state index contributed by atoms with van der Waals surface area (Å²) in [5.74, 6) is 0. The van der Waals surface area contributed by atoms with Gasteiger partial charge in [-0.2, -0.15) is 5.10 Å². The van der Waals surface area contributed by atoms with Gasteiger partial charge in [0.05, 0.1) is 10.6 Å². The van der Waals surface area contributed by atoms with Gasteiger partial charge >= 0.3 is 0 Å². The van der Waals surface area contributed by atoms with Gasteiger partial charge in [-0.15, -0.1) is 11.3 Å². The summed E-state index contributed by atoms with van der Waals surface area (Å²) in [5, 5.41) is 15.2. The number of hydrazone groups is 1. The van der Waals surface area contributed by atoms with Crippen LogP contribution < -0.4 is 5.43 Å². The molecule has 104 valence electrons. The van der Waals surface area contributed by atoms with Crippen molar-refractivity contribution in [1.82, 2.24) is 0 Å². The number of nitro benzene ring substituents is 1. The fourth-order valence-electron chi connectivity index (χ4n) is 1.92. The molecule has 0 unspecified atom stereocenters. The second kappa shape index (κ2) is 5.83. The molecule has 5 nitrogen and oxygen atoms in total. The van der Waals surface area contributed by atoms with Crippen molar-refractivity contribution < 1.29 is 4.92 Å². The first-order valence-electron chi connectivity index (χ1n) is 6.10. The molecule has 6 heteroatoms. The Bertz CT molecular complexity index is 677. The van der Waals surface area contributed by atoms with Crippen LogP contribution in [-0.2, 0) is 0 Å². The quantitative estimate of drug-likeness (QED) is 0.523. The van der Waals surface area contributed by atoms with Crippen LogP contribution in [0.4, 0.5) is 11.4 Å². The Balaban J connectivity index is 2.25. The Morgan fingerprint density at radius 3 is 2.65 bits per heavy atom. The van der Waals surface area contributed by atoms with Crippen molar-refractivity contribution in [2.75, 3.05) is 5.43 Å². The zero-order valence-corrected chi connectivity index (χ0v) is 12.3. The fraction of sp³-hybridized carbons (Fsp3) is 0.214. The molecule has 0 amide bonds. The van der Waals surface area contributed by atoms with Crippen molar-refractivity contribution in [1.29, 1.82) is 0 Å². The third-order valence-corrected chi connectivity index (χ3v) is 3.84. The van der Waals surface area contributed by atoms with Gasteiger partial charge in [0.25, 0.3) is 5.69 Å². The lowest BCUT2D eigenvalue weighted by molar-refractivity contribution is -0.384. The first kappa shape index (κ1) is 14.2. The van der Waals surface area contributed by atoms with Gasteiger partial charge in [0.1, 0.15) is 5.69 Å². The van der Waals surface area contributed by atoms with Crippen LogP contribution in [-0.4, -0.2) is 10.6 Å². The summed E-state index contributed by atoms with van der Waals surface area (Å²) < 4.78 is 0. The minimum atomic E-state index is -0.423. The van der Waals surface area contributed by atoms with Crippen LogP contribution in [0.15, 0.2) is 35.4 Å². The Labute approximate surface area is 121 Å². The van der Waals surface area contributed by atoms with Crippen molar-refractivity contribution >= 4 is 28.4 Å². The predicted octanol–water partition coefficient (Wildman–Crippen LogP) is 4.11. The Morgan fingerprint density at radius 1 is 1.35 bits per heavy atom. The number of nitrogens with one attached hydrogen (secondary N) is 1. The molecule has 0 saturated carbocycles. The topological polar surface area (TPSA) is 67.5 Å². The third kappa shape index (κ3) is 3.03. The lowest BCUT2D eigenvalue weighted by Crippen LogP contribution is -2.01. The average Bonchev–Trinajstić information content (AvgIpc) is 2.75. The Hall–Kier alpha value is -2.21. The molecule has 0 aliphatic carbocycles. The first-order chi connectivity index (χ1) is 9.49. The van der Waals surface area contributed by atoms with Crippen LogP contribution in [0.25, 0.3) is 0 Å². The minimum Gasteiger partial charge on any atom is -0.271 e. The first-order valence-corrected chi connectivity index (χ1v) is 6.92. The Morgan fingerprint density at radius 2 is 2.05 bits per heavy atom. The molecule has 1 aromatic carbocycles. The standard InChI is InChI=1S/C14H15N3O2S/c1-9-8-12(11(3)20-9)10(2)15-16-13-6-4-5-7-14(13)17(18)19/h4-8,16H,1-3H3/b15-10-. The number of nitro groups is 1. The number of nitrogens with zero attached hydrogens (tertiary/aromatic N) is 2. The van der Waals surface area contributed by atoms with Gasteiger partial charge in [0.15, 0.2) is 0 Å². The van der Waals surface area contributed by atoms with Crippen LogP contribution in [0.3, 0.4) is 0 Å². The van der Waals surface area contributed by atoms with E-state index in [1.54, 1.807) is 29.5 Å². The van der Waals surface area contributed by atoms with E-state index in [2.05, 4.69) is 16.6 Å². The molecule has 0 saturated heterocycles. The summed E-state index contributed by atoms with van der Waals surface area (Å²) >= 11 is 1.71. The van der Waals surface area contributed by atoms with E-state index >= 15 is 0 Å². The molecule has 0 bridgehead atoms. The van der Waals surface area contributed by atoms with Gasteiger partial charge in [0.2, 0.25) is 0 Å². The number of rotatable bonds is 4. The van der Waals surface area contributed by atoms with E-state index in [1.165, 1.54) is 15.8 Å². The molecular weight excluding hydrogens is 274 g/mol. The van der Waals surface area contributed by atoms with E-state index < -0.39 is 4.92 Å². The highest BCUT2D eigenvalue weighted by atomic mass is 32.1. The summed E-state index contributed by atoms with van der Waals surface area (Å²) in [6, 6.07) is 8.53. The SMILES string of the molecule is C/C(=N/Nc1ccccc1[N+](=O)[O-])c1cc(C)sc1C. The number of thiophene rings is 1. The predicted molar refractivity (Wildman–Crippen MR) is 82.7 cm³/mol. The van der Waals surface area contributed by atoms with Gasteiger partial charge in [-0.05, 0) is 32.9 Å². The van der Waals surface area contributed by atoms with Gasteiger partial charge < -0.3 is 0 Å². The van der Waals surface area contributed by atoms with E-state index in [1.807, 2.05) is 20.8 Å². The van der Waals surface area contributed by atoms with Gasteiger partial charge in [-0.3, -0.25) is 15.5 Å². The summed E-state index contributed by atoms with van der Waals surface area (Å²) in [6.45, 7) is 5.97. The Kier molecular flexibility index (Phi) is 4.14.